The van der Waals surface area contributed by atoms with Gasteiger partial charge in [-0.2, -0.15) is 0 Å². The maximum Gasteiger partial charge on any atom is 0.168 e. The number of aromatic nitrogens is 1. The molecule has 1 aromatic heterocycles. The normalized spacial score (nSPS) is 19.9. The molecule has 1 aliphatic rings. The van der Waals surface area contributed by atoms with Crippen LogP contribution in [0.3, 0.4) is 0 Å². The average Bonchev–Trinajstić information content (AvgIpc) is 2.19. The fraction of sp³-hybridized carbons (Fsp3) is 0.545. The molecule has 16 heavy (non-hydrogen) atoms. The molecule has 0 bridgehead atoms. The number of hydrogen-bond donors (Lipinski definition) is 1. The number of aliphatic hydroxyl groups is 1. The van der Waals surface area contributed by atoms with E-state index in [1.807, 2.05) is 0 Å². The van der Waals surface area contributed by atoms with Crippen molar-refractivity contribution in [2.24, 2.45) is 0 Å². The highest BCUT2D eigenvalue weighted by Crippen LogP contribution is 2.26. The molecular formula is C11H14F2N2O. The van der Waals surface area contributed by atoms with Crippen LogP contribution < -0.4 is 4.90 Å². The van der Waals surface area contributed by atoms with Gasteiger partial charge in [0.2, 0.25) is 0 Å². The Bertz CT molecular complexity index is 386. The molecule has 3 nitrogen and oxygen atoms in total. The van der Waals surface area contributed by atoms with E-state index in [1.165, 1.54) is 0 Å². The van der Waals surface area contributed by atoms with Crippen molar-refractivity contribution in [2.75, 3.05) is 18.0 Å². The zero-order valence-electron chi connectivity index (χ0n) is 9.08. The van der Waals surface area contributed by atoms with Crippen LogP contribution in [-0.4, -0.2) is 28.8 Å². The van der Waals surface area contributed by atoms with Gasteiger partial charge in [-0.1, -0.05) is 0 Å². The van der Waals surface area contributed by atoms with E-state index >= 15 is 0 Å². The van der Waals surface area contributed by atoms with E-state index < -0.39 is 17.2 Å². The Morgan fingerprint density at radius 2 is 2.00 bits per heavy atom. The predicted molar refractivity (Wildman–Crippen MR) is 56.2 cm³/mol. The molecule has 88 valence electrons. The van der Waals surface area contributed by atoms with Gasteiger partial charge in [-0.25, -0.2) is 13.8 Å². The molecular weight excluding hydrogens is 214 g/mol. The van der Waals surface area contributed by atoms with Gasteiger partial charge >= 0.3 is 0 Å². The standard InChI is InChI=1S/C11H14F2N2O/c1-11(16)2-4-15(5-3-11)10-9(13)6-8(12)7-14-10/h6-7,16H,2-5H2,1H3. The van der Waals surface area contributed by atoms with Gasteiger partial charge in [0.25, 0.3) is 0 Å². The maximum atomic E-state index is 13.4. The molecule has 0 spiro atoms. The number of hydrogen-bond acceptors (Lipinski definition) is 3. The van der Waals surface area contributed by atoms with Crippen LogP contribution in [0.2, 0.25) is 0 Å². The first kappa shape index (κ1) is 11.3. The molecule has 2 heterocycles. The summed E-state index contributed by atoms with van der Waals surface area (Å²) in [7, 11) is 0. The molecule has 0 radical (unpaired) electrons. The topological polar surface area (TPSA) is 36.4 Å². The van der Waals surface area contributed by atoms with Gasteiger partial charge in [0.05, 0.1) is 11.8 Å². The molecule has 1 N–H and O–H groups in total. The van der Waals surface area contributed by atoms with E-state index in [-0.39, 0.29) is 5.82 Å². The summed E-state index contributed by atoms with van der Waals surface area (Å²) in [5.41, 5.74) is -0.687. The van der Waals surface area contributed by atoms with E-state index in [0.717, 1.165) is 12.3 Å². The lowest BCUT2D eigenvalue weighted by molar-refractivity contribution is 0.0349. The monoisotopic (exact) mass is 228 g/mol. The van der Waals surface area contributed by atoms with Crippen molar-refractivity contribution in [2.45, 2.75) is 25.4 Å². The van der Waals surface area contributed by atoms with Crippen molar-refractivity contribution < 1.29 is 13.9 Å². The van der Waals surface area contributed by atoms with Crippen molar-refractivity contribution >= 4 is 5.82 Å². The number of piperidine rings is 1. The summed E-state index contributed by atoms with van der Waals surface area (Å²) >= 11 is 0. The molecule has 5 heteroatoms. The van der Waals surface area contributed by atoms with Crippen LogP contribution in [0.4, 0.5) is 14.6 Å². The predicted octanol–water partition coefficient (Wildman–Crippen LogP) is 1.71. The van der Waals surface area contributed by atoms with Gasteiger partial charge in [0.15, 0.2) is 11.6 Å². The fourth-order valence-electron chi connectivity index (χ4n) is 1.84. The summed E-state index contributed by atoms with van der Waals surface area (Å²) in [6.07, 6.45) is 2.13. The highest BCUT2D eigenvalue weighted by Gasteiger charge is 2.28. The molecule has 0 atom stereocenters. The smallest absolute Gasteiger partial charge is 0.168 e. The minimum Gasteiger partial charge on any atom is -0.390 e. The Balaban J connectivity index is 2.14. The largest absolute Gasteiger partial charge is 0.390 e. The van der Waals surface area contributed by atoms with Gasteiger partial charge in [-0.05, 0) is 19.8 Å². The molecule has 2 rings (SSSR count). The van der Waals surface area contributed by atoms with Crippen LogP contribution in [0.15, 0.2) is 12.3 Å². The lowest BCUT2D eigenvalue weighted by atomic mass is 9.94. The lowest BCUT2D eigenvalue weighted by Gasteiger charge is -2.36. The Morgan fingerprint density at radius 3 is 2.56 bits per heavy atom. The number of anilines is 1. The van der Waals surface area contributed by atoms with Gasteiger partial charge in [0, 0.05) is 19.2 Å². The third-order valence-corrected chi connectivity index (χ3v) is 2.93. The number of halogens is 2. The highest BCUT2D eigenvalue weighted by molar-refractivity contribution is 5.40. The third-order valence-electron chi connectivity index (χ3n) is 2.93. The van der Waals surface area contributed by atoms with E-state index in [1.54, 1.807) is 11.8 Å². The summed E-state index contributed by atoms with van der Waals surface area (Å²) in [5.74, 6) is -1.16. The second kappa shape index (κ2) is 3.97. The lowest BCUT2D eigenvalue weighted by Crippen LogP contribution is -2.43. The Labute approximate surface area is 92.7 Å². The molecule has 0 unspecified atom stereocenters. The van der Waals surface area contributed by atoms with Gasteiger partial charge in [0.1, 0.15) is 5.82 Å². The summed E-state index contributed by atoms with van der Waals surface area (Å²) in [6, 6.07) is 0.828. The Morgan fingerprint density at radius 1 is 1.38 bits per heavy atom. The third kappa shape index (κ3) is 2.29. The van der Waals surface area contributed by atoms with E-state index in [2.05, 4.69) is 4.98 Å². The van der Waals surface area contributed by atoms with E-state index in [0.29, 0.717) is 25.9 Å². The van der Waals surface area contributed by atoms with Crippen LogP contribution in [0.25, 0.3) is 0 Å². The van der Waals surface area contributed by atoms with Crippen LogP contribution in [0.5, 0.6) is 0 Å². The molecule has 1 aromatic rings. The second-order valence-electron chi connectivity index (χ2n) is 4.44. The summed E-state index contributed by atoms with van der Waals surface area (Å²) in [5, 5.41) is 9.75. The molecule has 0 aromatic carbocycles. The van der Waals surface area contributed by atoms with E-state index in [9.17, 15) is 13.9 Å². The minimum atomic E-state index is -0.687. The Hall–Kier alpha value is -1.23. The SMILES string of the molecule is CC1(O)CCN(c2ncc(F)cc2F)CC1. The Kier molecular flexibility index (Phi) is 2.80. The maximum absolute atomic E-state index is 13.4. The first-order valence-electron chi connectivity index (χ1n) is 5.26. The zero-order chi connectivity index (χ0) is 11.8. The van der Waals surface area contributed by atoms with Gasteiger partial charge in [-0.3, -0.25) is 0 Å². The minimum absolute atomic E-state index is 0.164. The van der Waals surface area contributed by atoms with Gasteiger partial charge < -0.3 is 10.0 Å². The molecule has 1 saturated heterocycles. The second-order valence-corrected chi connectivity index (χ2v) is 4.44. The fourth-order valence-corrected chi connectivity index (χ4v) is 1.84. The molecule has 0 amide bonds. The molecule has 1 aliphatic heterocycles. The molecule has 0 saturated carbocycles. The van der Waals surface area contributed by atoms with Crippen molar-refractivity contribution in [3.63, 3.8) is 0 Å². The first-order chi connectivity index (χ1) is 7.48. The molecule has 0 aliphatic carbocycles. The van der Waals surface area contributed by atoms with Gasteiger partial charge in [-0.15, -0.1) is 0 Å². The number of rotatable bonds is 1. The highest BCUT2D eigenvalue weighted by atomic mass is 19.1. The van der Waals surface area contributed by atoms with Crippen LogP contribution in [-0.2, 0) is 0 Å². The van der Waals surface area contributed by atoms with Crippen molar-refractivity contribution in [1.29, 1.82) is 0 Å². The quantitative estimate of drug-likeness (QED) is 0.795. The zero-order valence-corrected chi connectivity index (χ0v) is 9.08. The van der Waals surface area contributed by atoms with Crippen molar-refractivity contribution in [3.8, 4) is 0 Å². The first-order valence-corrected chi connectivity index (χ1v) is 5.26. The summed E-state index contributed by atoms with van der Waals surface area (Å²) < 4.78 is 26.1. The number of nitrogens with zero attached hydrogens (tertiary/aromatic N) is 2. The summed E-state index contributed by atoms with van der Waals surface area (Å²) in [6.45, 7) is 2.82. The van der Waals surface area contributed by atoms with Crippen molar-refractivity contribution in [3.05, 3.63) is 23.9 Å². The van der Waals surface area contributed by atoms with Crippen LogP contribution >= 0.6 is 0 Å². The summed E-state index contributed by atoms with van der Waals surface area (Å²) in [4.78, 5) is 5.47. The average molecular weight is 228 g/mol. The van der Waals surface area contributed by atoms with Crippen LogP contribution in [0, 0.1) is 11.6 Å². The van der Waals surface area contributed by atoms with Crippen LogP contribution in [0.1, 0.15) is 19.8 Å². The number of pyridine rings is 1. The molecule has 1 fully saturated rings. The van der Waals surface area contributed by atoms with Crippen molar-refractivity contribution in [1.82, 2.24) is 4.98 Å². The van der Waals surface area contributed by atoms with E-state index in [4.69, 9.17) is 0 Å².